The van der Waals surface area contributed by atoms with E-state index in [9.17, 15) is 4.39 Å². The molecule has 0 amide bonds. The van der Waals surface area contributed by atoms with Gasteiger partial charge >= 0.3 is 0 Å². The van der Waals surface area contributed by atoms with E-state index in [2.05, 4.69) is 0 Å². The fraction of sp³-hybridized carbons (Fsp3) is 0.500. The lowest BCUT2D eigenvalue weighted by atomic mass is 10.2. The summed E-state index contributed by atoms with van der Waals surface area (Å²) in [4.78, 5) is 0. The number of hydrogen-bond donors (Lipinski definition) is 1. The first-order chi connectivity index (χ1) is 8.04. The lowest BCUT2D eigenvalue weighted by molar-refractivity contribution is 0.0554. The summed E-state index contributed by atoms with van der Waals surface area (Å²) in [5.74, 6) is 0.00497. The minimum atomic E-state index is -0.504. The van der Waals surface area contributed by atoms with Crippen LogP contribution in [0.5, 0.6) is 11.5 Å². The van der Waals surface area contributed by atoms with Crippen LogP contribution in [-0.4, -0.2) is 26.4 Å². The summed E-state index contributed by atoms with van der Waals surface area (Å²) in [6.07, 6.45) is 0.152. The first-order valence-corrected chi connectivity index (χ1v) is 5.42. The zero-order valence-corrected chi connectivity index (χ0v) is 10.3. The van der Waals surface area contributed by atoms with Crippen molar-refractivity contribution in [3.05, 3.63) is 17.9 Å². The highest BCUT2D eigenvalue weighted by Gasteiger charge is 2.09. The highest BCUT2D eigenvalue weighted by atomic mass is 19.1. The van der Waals surface area contributed by atoms with E-state index >= 15 is 0 Å². The zero-order valence-electron chi connectivity index (χ0n) is 10.3. The molecule has 0 atom stereocenters. The maximum Gasteiger partial charge on any atom is 0.167 e. The molecular formula is C12H18FNO3. The van der Waals surface area contributed by atoms with Gasteiger partial charge in [0.15, 0.2) is 11.6 Å². The molecular weight excluding hydrogens is 225 g/mol. The second-order valence-corrected chi connectivity index (χ2v) is 3.79. The van der Waals surface area contributed by atoms with Gasteiger partial charge in [-0.2, -0.15) is 0 Å². The summed E-state index contributed by atoms with van der Waals surface area (Å²) in [7, 11) is 1.39. The van der Waals surface area contributed by atoms with Crippen molar-refractivity contribution in [1.29, 1.82) is 0 Å². The first-order valence-electron chi connectivity index (χ1n) is 5.42. The van der Waals surface area contributed by atoms with Crippen LogP contribution in [0.2, 0.25) is 0 Å². The van der Waals surface area contributed by atoms with Crippen LogP contribution in [-0.2, 0) is 4.74 Å². The van der Waals surface area contributed by atoms with Gasteiger partial charge in [-0.05, 0) is 13.8 Å². The van der Waals surface area contributed by atoms with Crippen molar-refractivity contribution < 1.29 is 18.6 Å². The molecule has 0 saturated carbocycles. The number of nitrogen functional groups attached to an aromatic ring is 1. The Morgan fingerprint density at radius 3 is 2.53 bits per heavy atom. The van der Waals surface area contributed by atoms with Gasteiger partial charge in [-0.1, -0.05) is 0 Å². The molecule has 0 spiro atoms. The van der Waals surface area contributed by atoms with E-state index in [-0.39, 0.29) is 17.5 Å². The third-order valence-electron chi connectivity index (χ3n) is 2.08. The molecule has 1 aromatic rings. The topological polar surface area (TPSA) is 53.7 Å². The Kier molecular flexibility index (Phi) is 5.03. The van der Waals surface area contributed by atoms with Gasteiger partial charge < -0.3 is 19.9 Å². The number of benzene rings is 1. The van der Waals surface area contributed by atoms with Crippen LogP contribution >= 0.6 is 0 Å². The Labute approximate surface area is 100 Å². The van der Waals surface area contributed by atoms with Crippen LogP contribution in [0.3, 0.4) is 0 Å². The molecule has 1 rings (SSSR count). The van der Waals surface area contributed by atoms with Crippen LogP contribution in [0.1, 0.15) is 13.8 Å². The van der Waals surface area contributed by atoms with Gasteiger partial charge in [-0.25, -0.2) is 4.39 Å². The lowest BCUT2D eigenvalue weighted by Gasteiger charge is -2.12. The van der Waals surface area contributed by atoms with Crippen LogP contribution in [0.4, 0.5) is 10.1 Å². The molecule has 5 heteroatoms. The van der Waals surface area contributed by atoms with E-state index in [1.165, 1.54) is 19.2 Å². The van der Waals surface area contributed by atoms with Gasteiger partial charge in [0.1, 0.15) is 12.4 Å². The Morgan fingerprint density at radius 2 is 1.94 bits per heavy atom. The summed E-state index contributed by atoms with van der Waals surface area (Å²) < 4.78 is 28.8. The average Bonchev–Trinajstić information content (AvgIpc) is 2.26. The molecule has 0 aliphatic rings. The second kappa shape index (κ2) is 6.30. The molecule has 0 aromatic heterocycles. The largest absolute Gasteiger partial charge is 0.494 e. The average molecular weight is 243 g/mol. The number of halogens is 1. The molecule has 0 aliphatic heterocycles. The van der Waals surface area contributed by atoms with Gasteiger partial charge in [-0.15, -0.1) is 0 Å². The number of hydrogen-bond acceptors (Lipinski definition) is 4. The van der Waals surface area contributed by atoms with Crippen molar-refractivity contribution >= 4 is 5.69 Å². The Hall–Kier alpha value is -1.49. The molecule has 0 radical (unpaired) electrons. The second-order valence-electron chi connectivity index (χ2n) is 3.79. The molecule has 0 bridgehead atoms. The van der Waals surface area contributed by atoms with E-state index in [1.807, 2.05) is 13.8 Å². The summed E-state index contributed by atoms with van der Waals surface area (Å²) in [6.45, 7) is 4.69. The van der Waals surface area contributed by atoms with E-state index in [0.717, 1.165) is 0 Å². The van der Waals surface area contributed by atoms with Crippen molar-refractivity contribution in [3.63, 3.8) is 0 Å². The fourth-order valence-electron chi connectivity index (χ4n) is 1.27. The van der Waals surface area contributed by atoms with Gasteiger partial charge in [0, 0.05) is 12.1 Å². The van der Waals surface area contributed by atoms with Crippen molar-refractivity contribution in [2.24, 2.45) is 0 Å². The fourth-order valence-corrected chi connectivity index (χ4v) is 1.27. The van der Waals surface area contributed by atoms with Crippen molar-refractivity contribution in [2.45, 2.75) is 20.0 Å². The smallest absolute Gasteiger partial charge is 0.167 e. The number of methoxy groups -OCH3 is 1. The van der Waals surface area contributed by atoms with Gasteiger partial charge in [-0.3, -0.25) is 0 Å². The predicted octanol–water partition coefficient (Wildman–Crippen LogP) is 2.22. The molecule has 1 aromatic carbocycles. The highest BCUT2D eigenvalue weighted by molar-refractivity contribution is 5.56. The molecule has 0 unspecified atom stereocenters. The summed E-state index contributed by atoms with van der Waals surface area (Å²) in [5.41, 5.74) is 5.87. The van der Waals surface area contributed by atoms with Gasteiger partial charge in [0.25, 0.3) is 0 Å². The number of nitrogens with two attached hydrogens (primary N) is 1. The van der Waals surface area contributed by atoms with E-state index in [0.29, 0.717) is 19.0 Å². The normalized spacial score (nSPS) is 10.6. The molecule has 2 N–H and O–H groups in total. The van der Waals surface area contributed by atoms with E-state index in [4.69, 9.17) is 19.9 Å². The van der Waals surface area contributed by atoms with Crippen LogP contribution in [0.15, 0.2) is 12.1 Å². The van der Waals surface area contributed by atoms with Crippen molar-refractivity contribution in [3.8, 4) is 11.5 Å². The van der Waals surface area contributed by atoms with Crippen LogP contribution in [0.25, 0.3) is 0 Å². The lowest BCUT2D eigenvalue weighted by Crippen LogP contribution is -2.12. The zero-order chi connectivity index (χ0) is 12.8. The van der Waals surface area contributed by atoms with Crippen LogP contribution in [0, 0.1) is 5.82 Å². The summed E-state index contributed by atoms with van der Waals surface area (Å²) >= 11 is 0. The van der Waals surface area contributed by atoms with Crippen molar-refractivity contribution in [2.75, 3.05) is 26.1 Å². The Balaban J connectivity index is 2.58. The van der Waals surface area contributed by atoms with E-state index in [1.54, 1.807) is 0 Å². The molecule has 0 aliphatic carbocycles. The van der Waals surface area contributed by atoms with Crippen molar-refractivity contribution in [1.82, 2.24) is 0 Å². The molecule has 96 valence electrons. The molecule has 0 fully saturated rings. The number of ether oxygens (including phenoxy) is 3. The summed E-state index contributed by atoms with van der Waals surface area (Å²) in [6, 6.07) is 2.61. The monoisotopic (exact) mass is 243 g/mol. The minimum absolute atomic E-state index is 0.110. The van der Waals surface area contributed by atoms with Gasteiger partial charge in [0.2, 0.25) is 0 Å². The highest BCUT2D eigenvalue weighted by Crippen LogP contribution is 2.29. The molecule has 4 nitrogen and oxygen atoms in total. The molecule has 0 saturated heterocycles. The van der Waals surface area contributed by atoms with Crippen LogP contribution < -0.4 is 15.2 Å². The third kappa shape index (κ3) is 4.11. The maximum absolute atomic E-state index is 13.2. The Bertz CT molecular complexity index is 369. The number of anilines is 1. The Morgan fingerprint density at radius 1 is 1.24 bits per heavy atom. The SMILES string of the molecule is COc1cc(OCCOC(C)C)c(N)cc1F. The molecule has 17 heavy (non-hydrogen) atoms. The predicted molar refractivity (Wildman–Crippen MR) is 63.9 cm³/mol. The van der Waals surface area contributed by atoms with Gasteiger partial charge in [0.05, 0.1) is 25.5 Å². The third-order valence-corrected chi connectivity index (χ3v) is 2.08. The molecule has 0 heterocycles. The summed E-state index contributed by atoms with van der Waals surface area (Å²) in [5, 5.41) is 0. The standard InChI is InChI=1S/C12H18FNO3/c1-8(2)16-4-5-17-12-7-11(15-3)9(13)6-10(12)14/h6-8H,4-5,14H2,1-3H3. The number of rotatable bonds is 6. The maximum atomic E-state index is 13.2. The first kappa shape index (κ1) is 13.6. The quantitative estimate of drug-likeness (QED) is 0.615. The van der Waals surface area contributed by atoms with E-state index < -0.39 is 5.82 Å². The minimum Gasteiger partial charge on any atom is -0.494 e.